The quantitative estimate of drug-likeness (QED) is 0.806. The van der Waals surface area contributed by atoms with Crippen LogP contribution in [0.2, 0.25) is 5.15 Å². The molecule has 0 aromatic carbocycles. The van der Waals surface area contributed by atoms with Crippen molar-refractivity contribution < 1.29 is 0 Å². The number of imidazole rings is 1. The van der Waals surface area contributed by atoms with E-state index in [0.29, 0.717) is 17.5 Å². The van der Waals surface area contributed by atoms with Gasteiger partial charge in [-0.3, -0.25) is 0 Å². The first-order valence-corrected chi connectivity index (χ1v) is 6.61. The molecule has 5 nitrogen and oxygen atoms in total. The molecule has 0 aliphatic rings. The molecule has 0 N–H and O–H groups in total. The molecular weight excluding hydrogens is 262 g/mol. The molecule has 2 aromatic heterocycles. The van der Waals surface area contributed by atoms with Crippen LogP contribution in [0.15, 0.2) is 12.4 Å². The standard InChI is InChI=1S/C13H18ClN5/c1-5-10-12(14)16-9(2)17-13(10)19(4)8-11-15-6-7-18(11)3/h6-7H,5,8H2,1-4H3. The highest BCUT2D eigenvalue weighted by Crippen LogP contribution is 2.25. The van der Waals surface area contributed by atoms with Gasteiger partial charge in [0.05, 0.1) is 6.54 Å². The number of aryl methyl sites for hydroxylation is 2. The average Bonchev–Trinajstić information content (AvgIpc) is 2.74. The minimum absolute atomic E-state index is 0.539. The molecule has 19 heavy (non-hydrogen) atoms. The largest absolute Gasteiger partial charge is 0.352 e. The molecule has 0 aliphatic carbocycles. The van der Waals surface area contributed by atoms with Gasteiger partial charge in [0.15, 0.2) is 0 Å². The lowest BCUT2D eigenvalue weighted by Gasteiger charge is -2.21. The van der Waals surface area contributed by atoms with Crippen LogP contribution < -0.4 is 4.90 Å². The van der Waals surface area contributed by atoms with Gasteiger partial charge in [0.25, 0.3) is 0 Å². The van der Waals surface area contributed by atoms with Crippen LogP contribution in [0.1, 0.15) is 24.1 Å². The van der Waals surface area contributed by atoms with Crippen LogP contribution in [0.4, 0.5) is 5.82 Å². The third-order valence-electron chi connectivity index (χ3n) is 3.06. The van der Waals surface area contributed by atoms with E-state index in [4.69, 9.17) is 11.6 Å². The molecule has 2 aromatic rings. The summed E-state index contributed by atoms with van der Waals surface area (Å²) in [6.45, 7) is 4.59. The fraction of sp³-hybridized carbons (Fsp3) is 0.462. The summed E-state index contributed by atoms with van der Waals surface area (Å²) in [5.74, 6) is 2.55. The molecule has 0 bridgehead atoms. The normalized spacial score (nSPS) is 10.8. The van der Waals surface area contributed by atoms with Gasteiger partial charge in [0.1, 0.15) is 22.6 Å². The van der Waals surface area contributed by atoms with Gasteiger partial charge in [0.2, 0.25) is 0 Å². The molecule has 2 rings (SSSR count). The van der Waals surface area contributed by atoms with Crippen molar-refractivity contribution in [1.82, 2.24) is 19.5 Å². The van der Waals surface area contributed by atoms with Gasteiger partial charge >= 0.3 is 0 Å². The van der Waals surface area contributed by atoms with Crippen molar-refractivity contribution in [3.8, 4) is 0 Å². The minimum atomic E-state index is 0.539. The molecule has 0 saturated heterocycles. The Morgan fingerprint density at radius 3 is 2.68 bits per heavy atom. The highest BCUT2D eigenvalue weighted by molar-refractivity contribution is 6.30. The second kappa shape index (κ2) is 5.57. The summed E-state index contributed by atoms with van der Waals surface area (Å²) < 4.78 is 2.00. The van der Waals surface area contributed by atoms with Crippen molar-refractivity contribution in [2.75, 3.05) is 11.9 Å². The van der Waals surface area contributed by atoms with E-state index < -0.39 is 0 Å². The van der Waals surface area contributed by atoms with E-state index >= 15 is 0 Å². The summed E-state index contributed by atoms with van der Waals surface area (Å²) in [7, 11) is 3.97. The monoisotopic (exact) mass is 279 g/mol. The fourth-order valence-electron chi connectivity index (χ4n) is 2.00. The number of rotatable bonds is 4. The first-order valence-electron chi connectivity index (χ1n) is 6.23. The Morgan fingerprint density at radius 1 is 1.37 bits per heavy atom. The lowest BCUT2D eigenvalue weighted by atomic mass is 10.2. The number of aromatic nitrogens is 4. The van der Waals surface area contributed by atoms with Crippen molar-refractivity contribution in [3.05, 3.63) is 34.8 Å². The van der Waals surface area contributed by atoms with Gasteiger partial charge in [-0.1, -0.05) is 18.5 Å². The number of nitrogens with zero attached hydrogens (tertiary/aromatic N) is 5. The Labute approximate surface area is 118 Å². The van der Waals surface area contributed by atoms with Gasteiger partial charge in [0, 0.05) is 32.1 Å². The first kappa shape index (κ1) is 13.8. The van der Waals surface area contributed by atoms with E-state index in [1.165, 1.54) is 0 Å². The Kier molecular flexibility index (Phi) is 4.04. The predicted molar refractivity (Wildman–Crippen MR) is 76.5 cm³/mol. The van der Waals surface area contributed by atoms with Gasteiger partial charge in [-0.2, -0.15) is 0 Å². The van der Waals surface area contributed by atoms with Crippen LogP contribution in [0.25, 0.3) is 0 Å². The molecule has 0 spiro atoms. The first-order chi connectivity index (χ1) is 9.02. The molecule has 102 valence electrons. The molecule has 0 atom stereocenters. The topological polar surface area (TPSA) is 46.8 Å². The second-order valence-corrected chi connectivity index (χ2v) is 4.89. The van der Waals surface area contributed by atoms with Crippen molar-refractivity contribution in [3.63, 3.8) is 0 Å². The van der Waals surface area contributed by atoms with E-state index in [1.807, 2.05) is 31.8 Å². The highest BCUT2D eigenvalue weighted by atomic mass is 35.5. The maximum Gasteiger partial charge on any atom is 0.138 e. The van der Waals surface area contributed by atoms with Gasteiger partial charge < -0.3 is 9.47 Å². The Hall–Kier alpha value is -1.62. The molecule has 0 unspecified atom stereocenters. The van der Waals surface area contributed by atoms with E-state index in [-0.39, 0.29) is 0 Å². The number of anilines is 1. The molecule has 0 saturated carbocycles. The van der Waals surface area contributed by atoms with Crippen LogP contribution in [-0.4, -0.2) is 26.6 Å². The summed E-state index contributed by atoms with van der Waals surface area (Å²) in [5.41, 5.74) is 0.976. The SMILES string of the molecule is CCc1c(Cl)nc(C)nc1N(C)Cc1nccn1C. The molecule has 0 amide bonds. The third kappa shape index (κ3) is 2.87. The third-order valence-corrected chi connectivity index (χ3v) is 3.37. The molecule has 2 heterocycles. The smallest absolute Gasteiger partial charge is 0.138 e. The molecule has 0 fully saturated rings. The number of halogens is 1. The van der Waals surface area contributed by atoms with Gasteiger partial charge in [-0.15, -0.1) is 0 Å². The average molecular weight is 280 g/mol. The maximum absolute atomic E-state index is 6.19. The minimum Gasteiger partial charge on any atom is -0.352 e. The summed E-state index contributed by atoms with van der Waals surface area (Å²) in [6.07, 6.45) is 4.53. The number of hydrogen-bond acceptors (Lipinski definition) is 4. The Balaban J connectivity index is 2.33. The predicted octanol–water partition coefficient (Wildman–Crippen LogP) is 2.37. The Bertz CT molecular complexity index is 578. The molecular formula is C13H18ClN5. The summed E-state index contributed by atoms with van der Waals surface area (Å²) in [4.78, 5) is 15.1. The van der Waals surface area contributed by atoms with Gasteiger partial charge in [-0.05, 0) is 13.3 Å². The van der Waals surface area contributed by atoms with Crippen molar-refractivity contribution in [1.29, 1.82) is 0 Å². The summed E-state index contributed by atoms with van der Waals surface area (Å²) >= 11 is 6.19. The maximum atomic E-state index is 6.19. The van der Waals surface area contributed by atoms with Crippen LogP contribution in [-0.2, 0) is 20.0 Å². The van der Waals surface area contributed by atoms with Crippen molar-refractivity contribution >= 4 is 17.4 Å². The van der Waals surface area contributed by atoms with Crippen molar-refractivity contribution in [2.45, 2.75) is 26.8 Å². The highest BCUT2D eigenvalue weighted by Gasteiger charge is 2.15. The summed E-state index contributed by atoms with van der Waals surface area (Å²) in [6, 6.07) is 0. The van der Waals surface area contributed by atoms with Crippen molar-refractivity contribution in [2.24, 2.45) is 7.05 Å². The fourth-order valence-corrected chi connectivity index (χ4v) is 2.34. The Morgan fingerprint density at radius 2 is 2.11 bits per heavy atom. The zero-order valence-corrected chi connectivity index (χ0v) is 12.4. The van der Waals surface area contributed by atoms with Crippen LogP contribution in [0.5, 0.6) is 0 Å². The molecule has 6 heteroatoms. The van der Waals surface area contributed by atoms with E-state index in [1.54, 1.807) is 6.20 Å². The van der Waals surface area contributed by atoms with Crippen LogP contribution in [0, 0.1) is 6.92 Å². The number of hydrogen-bond donors (Lipinski definition) is 0. The zero-order chi connectivity index (χ0) is 14.0. The van der Waals surface area contributed by atoms with E-state index in [9.17, 15) is 0 Å². The van der Waals surface area contributed by atoms with Gasteiger partial charge in [-0.25, -0.2) is 15.0 Å². The van der Waals surface area contributed by atoms with Crippen LogP contribution >= 0.6 is 11.6 Å². The second-order valence-electron chi connectivity index (χ2n) is 4.53. The lowest BCUT2D eigenvalue weighted by molar-refractivity contribution is 0.748. The van der Waals surface area contributed by atoms with Crippen LogP contribution in [0.3, 0.4) is 0 Å². The van der Waals surface area contributed by atoms with E-state index in [2.05, 4.69) is 26.8 Å². The summed E-state index contributed by atoms with van der Waals surface area (Å²) in [5, 5.41) is 0.539. The lowest BCUT2D eigenvalue weighted by Crippen LogP contribution is -2.22. The molecule has 0 aliphatic heterocycles. The zero-order valence-electron chi connectivity index (χ0n) is 11.7. The molecule has 0 radical (unpaired) electrons. The van der Waals surface area contributed by atoms with E-state index in [0.717, 1.165) is 23.6 Å².